The van der Waals surface area contributed by atoms with E-state index >= 15 is 0 Å². The third-order valence-electron chi connectivity index (χ3n) is 6.56. The van der Waals surface area contributed by atoms with Crippen LogP contribution < -0.4 is 39.0 Å². The van der Waals surface area contributed by atoms with Crippen molar-refractivity contribution in [3.8, 4) is 0 Å². The molecule has 0 bridgehead atoms. The van der Waals surface area contributed by atoms with Gasteiger partial charge in [0.2, 0.25) is 5.58 Å². The molecule has 0 saturated heterocycles. The fourth-order valence-corrected chi connectivity index (χ4v) is 7.16. The van der Waals surface area contributed by atoms with Crippen LogP contribution in [-0.2, 0) is 26.8 Å². The average Bonchev–Trinajstić information content (AvgIpc) is 3.40. The van der Waals surface area contributed by atoms with E-state index in [0.717, 1.165) is 37.5 Å². The van der Waals surface area contributed by atoms with Crippen molar-refractivity contribution < 1.29 is 64.5 Å². The Balaban J connectivity index is 0.00000405. The fraction of sp³-hybridized carbons (Fsp3) is 0.250. The van der Waals surface area contributed by atoms with Crippen molar-refractivity contribution in [3.63, 3.8) is 0 Å². The Morgan fingerprint density at radius 1 is 1.02 bits per heavy atom. The van der Waals surface area contributed by atoms with Crippen LogP contribution >= 0.6 is 23.4 Å². The second-order valence-electron chi connectivity index (χ2n) is 9.69. The molecule has 1 aromatic heterocycles. The van der Waals surface area contributed by atoms with Gasteiger partial charge in [0, 0.05) is 34.4 Å². The van der Waals surface area contributed by atoms with Gasteiger partial charge in [-0.25, -0.2) is 16.8 Å². The fourth-order valence-electron chi connectivity index (χ4n) is 4.85. The molecule has 1 aliphatic heterocycles. The number of allylic oxidation sites excluding steroid dienone is 2. The third-order valence-corrected chi connectivity index (χ3v) is 9.49. The van der Waals surface area contributed by atoms with Crippen LogP contribution in [0.15, 0.2) is 80.6 Å². The molecule has 2 heterocycles. The largest absolute Gasteiger partial charge is 1.00 e. The van der Waals surface area contributed by atoms with E-state index in [-0.39, 0.29) is 48.9 Å². The normalized spacial score (nSPS) is 15.0. The molecule has 4 aromatic rings. The predicted molar refractivity (Wildman–Crippen MR) is 159 cm³/mol. The number of thioether (sulfide) groups is 1. The van der Waals surface area contributed by atoms with Crippen LogP contribution in [0.1, 0.15) is 25.7 Å². The zero-order valence-corrected chi connectivity index (χ0v) is 28.2. The van der Waals surface area contributed by atoms with Crippen LogP contribution in [0, 0.1) is 0 Å². The van der Waals surface area contributed by atoms with Gasteiger partial charge in [-0.15, -0.1) is 0 Å². The maximum absolute atomic E-state index is 11.3. The van der Waals surface area contributed by atoms with Gasteiger partial charge in [0.25, 0.3) is 5.52 Å². The van der Waals surface area contributed by atoms with Crippen molar-refractivity contribution in [2.45, 2.75) is 31.2 Å². The van der Waals surface area contributed by atoms with Gasteiger partial charge in [-0.05, 0) is 60.7 Å². The van der Waals surface area contributed by atoms with E-state index in [1.54, 1.807) is 12.1 Å². The van der Waals surface area contributed by atoms with Gasteiger partial charge in [-0.3, -0.25) is 0 Å². The van der Waals surface area contributed by atoms with Crippen molar-refractivity contribution in [2.75, 3.05) is 23.0 Å². The van der Waals surface area contributed by atoms with Crippen molar-refractivity contribution in [1.29, 1.82) is 0 Å². The van der Waals surface area contributed by atoms with Crippen molar-refractivity contribution >= 4 is 77.2 Å². The van der Waals surface area contributed by atoms with Crippen LogP contribution in [-0.4, -0.2) is 44.0 Å². The zero-order valence-electron chi connectivity index (χ0n) is 22.9. The predicted octanol–water partition coefficient (Wildman–Crippen LogP) is 2.26. The van der Waals surface area contributed by atoms with Gasteiger partial charge in [0.1, 0.15) is 0 Å². The number of halogens is 1. The molecule has 0 amide bonds. The van der Waals surface area contributed by atoms with Crippen LogP contribution in [0.2, 0.25) is 5.02 Å². The molecule has 0 radical (unpaired) electrons. The molecule has 0 saturated carbocycles. The smallest absolute Gasteiger partial charge is 0.748 e. The first-order valence-corrected chi connectivity index (χ1v) is 17.1. The van der Waals surface area contributed by atoms with Crippen LogP contribution in [0.3, 0.4) is 0 Å². The first kappa shape index (κ1) is 33.0. The maximum atomic E-state index is 11.3. The van der Waals surface area contributed by atoms with Crippen LogP contribution in [0.4, 0.5) is 5.69 Å². The summed E-state index contributed by atoms with van der Waals surface area (Å²) in [4.78, 5) is 2.88. The molecule has 9 nitrogen and oxygen atoms in total. The van der Waals surface area contributed by atoms with E-state index in [9.17, 15) is 25.9 Å². The van der Waals surface area contributed by atoms with Gasteiger partial charge in [0.15, 0.2) is 6.54 Å². The second-order valence-corrected chi connectivity index (χ2v) is 14.2. The van der Waals surface area contributed by atoms with E-state index in [1.807, 2.05) is 71.0 Å². The van der Waals surface area contributed by atoms with Gasteiger partial charge >= 0.3 is 35.4 Å². The first-order chi connectivity index (χ1) is 19.4. The number of benzene rings is 3. The minimum atomic E-state index is -4.37. The third kappa shape index (κ3) is 7.99. The molecule has 14 heteroatoms. The summed E-state index contributed by atoms with van der Waals surface area (Å²) in [6, 6.07) is 17.1. The van der Waals surface area contributed by atoms with E-state index in [0.29, 0.717) is 23.0 Å². The summed E-state index contributed by atoms with van der Waals surface area (Å²) in [5, 5.41) is 3.29. The Morgan fingerprint density at radius 2 is 1.74 bits per heavy atom. The van der Waals surface area contributed by atoms with Crippen molar-refractivity contribution in [1.82, 2.24) is 0 Å². The quantitative estimate of drug-likeness (QED) is 0.143. The molecule has 0 aliphatic carbocycles. The van der Waals surface area contributed by atoms with Gasteiger partial charge < -0.3 is 18.4 Å². The Hall–Kier alpha value is -1.87. The second kappa shape index (κ2) is 13.4. The monoisotopic (exact) mass is 656 g/mol. The molecule has 5 rings (SSSR count). The molecule has 0 N–H and O–H groups in total. The molecule has 0 spiro atoms. The number of nitrogens with zero attached hydrogens (tertiary/aromatic N) is 2. The molecule has 0 fully saturated rings. The number of hydrogen-bond acceptors (Lipinski definition) is 9. The van der Waals surface area contributed by atoms with Gasteiger partial charge in [-0.1, -0.05) is 47.6 Å². The molecule has 3 aromatic carbocycles. The first-order valence-electron chi connectivity index (χ1n) is 12.7. The maximum Gasteiger partial charge on any atom is 1.00 e. The standard InChI is InChI=1S/C28H27ClN2O7S3.Na/c1-19(17-27-30(12-4-14-40(32,33)34)23-18-21(29)9-11-25(23)39-27)16-26-31(13-5-15-41(35,36)37)28-22-7-3-2-6-20(22)8-10-24(28)38-26;/h2-3,6-11,16-18H,4-5,12-15H2,1H3,(H-,32,33,34,35,36,37);/q;+1/p-1. The number of fused-ring (bicyclic) bond motifs is 4. The summed E-state index contributed by atoms with van der Waals surface area (Å²) in [5.74, 6) is -0.477. The minimum Gasteiger partial charge on any atom is -0.748 e. The summed E-state index contributed by atoms with van der Waals surface area (Å²) < 4.78 is 75.6. The molecular formula is C28H26ClN2NaO7S3. The van der Waals surface area contributed by atoms with Crippen LogP contribution in [0.5, 0.6) is 0 Å². The number of aryl methyl sites for hydroxylation is 1. The molecule has 216 valence electrons. The molecular weight excluding hydrogens is 631 g/mol. The van der Waals surface area contributed by atoms with E-state index in [1.165, 1.54) is 11.8 Å². The van der Waals surface area contributed by atoms with Gasteiger partial charge in [0.05, 0.1) is 42.4 Å². The summed E-state index contributed by atoms with van der Waals surface area (Å²) in [7, 11) is -8.72. The Labute approximate surface area is 276 Å². The Bertz CT molecular complexity index is 1920. The number of rotatable bonds is 10. The molecule has 0 atom stereocenters. The van der Waals surface area contributed by atoms with Crippen LogP contribution in [0.25, 0.3) is 27.9 Å². The zero-order chi connectivity index (χ0) is 29.4. The molecule has 0 unspecified atom stereocenters. The average molecular weight is 657 g/mol. The van der Waals surface area contributed by atoms with E-state index in [2.05, 4.69) is 0 Å². The Morgan fingerprint density at radius 3 is 2.48 bits per heavy atom. The number of hydrogen-bond donors (Lipinski definition) is 0. The van der Waals surface area contributed by atoms with Crippen molar-refractivity contribution in [3.05, 3.63) is 82.2 Å². The SMILES string of the molecule is CC(/C=C1\Sc2ccc(Cl)cc2N1CCCS(=O)(=O)[O-])=C\c1oc2ccc3ccccc3c2[n+]1CCCS(=O)(=O)[O-].[Na+]. The molecule has 42 heavy (non-hydrogen) atoms. The van der Waals surface area contributed by atoms with E-state index < -0.39 is 31.7 Å². The minimum absolute atomic E-state index is 0. The molecule has 1 aliphatic rings. The summed E-state index contributed by atoms with van der Waals surface area (Å²) in [6.07, 6.45) is 4.04. The number of anilines is 1. The summed E-state index contributed by atoms with van der Waals surface area (Å²) in [5.41, 5.74) is 3.06. The Kier molecular flexibility index (Phi) is 10.5. The number of aromatic nitrogens is 1. The number of oxazole rings is 1. The topological polar surface area (TPSA) is 135 Å². The van der Waals surface area contributed by atoms with Gasteiger partial charge in [-0.2, -0.15) is 4.57 Å². The van der Waals surface area contributed by atoms with E-state index in [4.69, 9.17) is 16.0 Å². The summed E-state index contributed by atoms with van der Waals surface area (Å²) in [6.45, 7) is 2.45. The summed E-state index contributed by atoms with van der Waals surface area (Å²) >= 11 is 7.74. The van der Waals surface area contributed by atoms with Crippen molar-refractivity contribution in [2.24, 2.45) is 0 Å².